The summed E-state index contributed by atoms with van der Waals surface area (Å²) in [6.45, 7) is 1.41. The van der Waals surface area contributed by atoms with Gasteiger partial charge < -0.3 is 14.0 Å². The highest BCUT2D eigenvalue weighted by atomic mass is 16.2. The summed E-state index contributed by atoms with van der Waals surface area (Å²) >= 11 is 0. The number of rotatable bonds is 3. The van der Waals surface area contributed by atoms with Crippen LogP contribution in [0.15, 0.2) is 30.7 Å². The first-order valence-electron chi connectivity index (χ1n) is 8.44. The minimum atomic E-state index is -0.0140. The Kier molecular flexibility index (Phi) is 3.87. The first-order valence-corrected chi connectivity index (χ1v) is 8.44. The minimum Gasteiger partial charge on any atom is -0.349 e. The van der Waals surface area contributed by atoms with E-state index in [1.165, 1.54) is 0 Å². The number of hydrogen-bond acceptors (Lipinski definition) is 4. The summed E-state index contributed by atoms with van der Waals surface area (Å²) in [4.78, 5) is 14.8. The number of nitrogens with one attached hydrogen (secondary N) is 1. The number of amides is 1. The van der Waals surface area contributed by atoms with Crippen molar-refractivity contribution in [2.24, 2.45) is 14.1 Å². The summed E-state index contributed by atoms with van der Waals surface area (Å²) in [6.07, 6.45) is 5.65. The summed E-state index contributed by atoms with van der Waals surface area (Å²) in [5.41, 5.74) is 2.28. The predicted octanol–water partition coefficient (Wildman–Crippen LogP) is 1.56. The zero-order chi connectivity index (χ0) is 17.4. The van der Waals surface area contributed by atoms with Crippen molar-refractivity contribution in [3.8, 4) is 11.4 Å². The average Bonchev–Trinajstić information content (AvgIpc) is 3.35. The first-order chi connectivity index (χ1) is 12.1. The molecule has 1 fully saturated rings. The van der Waals surface area contributed by atoms with Gasteiger partial charge >= 0.3 is 0 Å². The smallest absolute Gasteiger partial charge is 0.271 e. The second kappa shape index (κ2) is 6.19. The number of likely N-dealkylation sites (tertiary alicyclic amines) is 1. The summed E-state index contributed by atoms with van der Waals surface area (Å²) in [7, 11) is 3.90. The van der Waals surface area contributed by atoms with Crippen molar-refractivity contribution in [1.29, 1.82) is 0 Å². The number of aryl methyl sites for hydroxylation is 2. The fourth-order valence-electron chi connectivity index (χ4n) is 3.49. The van der Waals surface area contributed by atoms with E-state index in [2.05, 4.69) is 20.4 Å². The molecule has 0 aliphatic carbocycles. The highest BCUT2D eigenvalue weighted by Gasteiger charge is 2.29. The van der Waals surface area contributed by atoms with Crippen LogP contribution in [0.2, 0.25) is 0 Å². The Morgan fingerprint density at radius 1 is 1.32 bits per heavy atom. The first kappa shape index (κ1) is 15.6. The van der Waals surface area contributed by atoms with Gasteiger partial charge in [0.05, 0.1) is 5.69 Å². The van der Waals surface area contributed by atoms with E-state index < -0.39 is 0 Å². The SMILES string of the molecule is Cn1cccc1-c1cc(C(=O)N2CCC[C@@H](c3nncn3C)C2)[nH]n1. The van der Waals surface area contributed by atoms with Gasteiger partial charge in [0.1, 0.15) is 23.5 Å². The fraction of sp³-hybridized carbons (Fsp3) is 0.412. The zero-order valence-corrected chi connectivity index (χ0v) is 14.4. The molecule has 3 aromatic rings. The van der Waals surface area contributed by atoms with Gasteiger partial charge in [0.15, 0.2) is 0 Å². The number of carbonyl (C=O) groups excluding carboxylic acids is 1. The van der Waals surface area contributed by atoms with Crippen LogP contribution in [0.25, 0.3) is 11.4 Å². The maximum Gasteiger partial charge on any atom is 0.271 e. The Bertz CT molecular complexity index is 890. The molecule has 4 heterocycles. The lowest BCUT2D eigenvalue weighted by molar-refractivity contribution is 0.0697. The van der Waals surface area contributed by atoms with Gasteiger partial charge in [-0.05, 0) is 31.0 Å². The lowest BCUT2D eigenvalue weighted by atomic mass is 9.97. The van der Waals surface area contributed by atoms with Crippen LogP contribution < -0.4 is 0 Å². The number of H-pyrrole nitrogens is 1. The molecule has 130 valence electrons. The monoisotopic (exact) mass is 339 g/mol. The van der Waals surface area contributed by atoms with Crippen LogP contribution in [-0.2, 0) is 14.1 Å². The van der Waals surface area contributed by atoms with Gasteiger partial charge in [-0.15, -0.1) is 10.2 Å². The quantitative estimate of drug-likeness (QED) is 0.785. The number of aromatic nitrogens is 6. The van der Waals surface area contributed by atoms with Gasteiger partial charge in [-0.2, -0.15) is 5.10 Å². The lowest BCUT2D eigenvalue weighted by Crippen LogP contribution is -2.39. The van der Waals surface area contributed by atoms with Gasteiger partial charge in [0.25, 0.3) is 5.91 Å². The van der Waals surface area contributed by atoms with Gasteiger partial charge in [-0.3, -0.25) is 9.89 Å². The van der Waals surface area contributed by atoms with E-state index in [-0.39, 0.29) is 11.8 Å². The molecule has 1 N–H and O–H groups in total. The second-order valence-electron chi connectivity index (χ2n) is 6.56. The average molecular weight is 339 g/mol. The van der Waals surface area contributed by atoms with Crippen LogP contribution in [0.1, 0.15) is 35.1 Å². The Hall–Kier alpha value is -2.90. The molecule has 0 aromatic carbocycles. The molecule has 0 saturated carbocycles. The van der Waals surface area contributed by atoms with Crippen LogP contribution in [-0.4, -0.2) is 53.4 Å². The van der Waals surface area contributed by atoms with Crippen molar-refractivity contribution >= 4 is 5.91 Å². The highest BCUT2D eigenvalue weighted by molar-refractivity contribution is 5.93. The van der Waals surface area contributed by atoms with Crippen molar-refractivity contribution in [3.05, 3.63) is 42.2 Å². The van der Waals surface area contributed by atoms with E-state index in [0.717, 1.165) is 36.6 Å². The molecule has 0 spiro atoms. The molecular weight excluding hydrogens is 318 g/mol. The number of carbonyl (C=O) groups is 1. The van der Waals surface area contributed by atoms with Gasteiger partial charge in [-0.1, -0.05) is 0 Å². The standard InChI is InChI=1S/C17H21N7O/c1-22-7-4-6-15(22)13-9-14(20-19-13)17(25)24-8-3-5-12(10-24)16-21-18-11-23(16)2/h4,6-7,9,11-12H,3,5,8,10H2,1-2H3,(H,19,20)/t12-/m1/s1. The topological polar surface area (TPSA) is 84.6 Å². The number of hydrogen-bond donors (Lipinski definition) is 1. The Morgan fingerprint density at radius 3 is 2.92 bits per heavy atom. The molecule has 8 nitrogen and oxygen atoms in total. The van der Waals surface area contributed by atoms with E-state index in [1.807, 2.05) is 52.5 Å². The third-order valence-electron chi connectivity index (χ3n) is 4.83. The molecule has 1 aliphatic heterocycles. The van der Waals surface area contributed by atoms with Crippen molar-refractivity contribution in [1.82, 2.24) is 34.4 Å². The Balaban J connectivity index is 1.52. The van der Waals surface area contributed by atoms with Crippen LogP contribution in [0.4, 0.5) is 0 Å². The molecule has 1 atom stereocenters. The predicted molar refractivity (Wildman–Crippen MR) is 91.9 cm³/mol. The van der Waals surface area contributed by atoms with Gasteiger partial charge in [0, 0.05) is 39.3 Å². The van der Waals surface area contributed by atoms with Gasteiger partial charge in [-0.25, -0.2) is 0 Å². The van der Waals surface area contributed by atoms with Crippen LogP contribution >= 0.6 is 0 Å². The molecule has 25 heavy (non-hydrogen) atoms. The number of nitrogens with zero attached hydrogens (tertiary/aromatic N) is 6. The largest absolute Gasteiger partial charge is 0.349 e. The van der Waals surface area contributed by atoms with E-state index in [9.17, 15) is 4.79 Å². The van der Waals surface area contributed by atoms with Crippen molar-refractivity contribution in [3.63, 3.8) is 0 Å². The molecule has 1 aliphatic rings. The van der Waals surface area contributed by atoms with Crippen LogP contribution in [0, 0.1) is 0 Å². The zero-order valence-electron chi connectivity index (χ0n) is 14.4. The molecule has 8 heteroatoms. The van der Waals surface area contributed by atoms with Crippen LogP contribution in [0.3, 0.4) is 0 Å². The van der Waals surface area contributed by atoms with E-state index in [4.69, 9.17) is 0 Å². The summed E-state index contributed by atoms with van der Waals surface area (Å²) in [5, 5.41) is 15.4. The molecule has 0 unspecified atom stereocenters. The minimum absolute atomic E-state index is 0.0140. The molecule has 3 aromatic heterocycles. The maximum atomic E-state index is 12.9. The lowest BCUT2D eigenvalue weighted by Gasteiger charge is -2.31. The molecule has 0 radical (unpaired) electrons. The molecule has 0 bridgehead atoms. The van der Waals surface area contributed by atoms with Crippen molar-refractivity contribution in [2.45, 2.75) is 18.8 Å². The third-order valence-corrected chi connectivity index (χ3v) is 4.83. The summed E-state index contributed by atoms with van der Waals surface area (Å²) in [5.74, 6) is 1.15. The van der Waals surface area contributed by atoms with E-state index in [1.54, 1.807) is 6.33 Å². The normalized spacial score (nSPS) is 17.8. The fourth-order valence-corrected chi connectivity index (χ4v) is 3.49. The molecule has 1 saturated heterocycles. The molecule has 1 amide bonds. The highest BCUT2D eigenvalue weighted by Crippen LogP contribution is 2.26. The molecule has 4 rings (SSSR count). The van der Waals surface area contributed by atoms with Gasteiger partial charge in [0.2, 0.25) is 0 Å². The van der Waals surface area contributed by atoms with Crippen molar-refractivity contribution in [2.75, 3.05) is 13.1 Å². The van der Waals surface area contributed by atoms with E-state index in [0.29, 0.717) is 12.2 Å². The second-order valence-corrected chi connectivity index (χ2v) is 6.56. The van der Waals surface area contributed by atoms with Crippen molar-refractivity contribution < 1.29 is 4.79 Å². The summed E-state index contributed by atoms with van der Waals surface area (Å²) in [6, 6.07) is 5.76. The van der Waals surface area contributed by atoms with Crippen LogP contribution in [0.5, 0.6) is 0 Å². The Labute approximate surface area is 145 Å². The van der Waals surface area contributed by atoms with E-state index >= 15 is 0 Å². The Morgan fingerprint density at radius 2 is 2.20 bits per heavy atom. The number of aromatic amines is 1. The number of piperidine rings is 1. The third kappa shape index (κ3) is 2.84. The summed E-state index contributed by atoms with van der Waals surface area (Å²) < 4.78 is 3.91. The maximum absolute atomic E-state index is 12.9. The molecular formula is C17H21N7O.